The number of pyridine rings is 1. The van der Waals surface area contributed by atoms with Crippen LogP contribution in [0.2, 0.25) is 0 Å². The first kappa shape index (κ1) is 13.3. The second-order valence-corrected chi connectivity index (χ2v) is 4.86. The first-order valence-electron chi connectivity index (χ1n) is 6.83. The first-order chi connectivity index (χ1) is 10.3. The lowest BCUT2D eigenvalue weighted by molar-refractivity contribution is 0.0821. The van der Waals surface area contributed by atoms with Gasteiger partial charge in [0, 0.05) is 12.7 Å². The standard InChI is InChI=1S/C16H15N3O2/c20-15-13-7-4-9-17-14(13)11-19(15)16(21)18-10-8-12-5-2-1-3-6-12/h1-7,9H,8,10-11H2,(H,18,21). The minimum atomic E-state index is -0.367. The van der Waals surface area contributed by atoms with Crippen LogP contribution in [0, 0.1) is 0 Å². The summed E-state index contributed by atoms with van der Waals surface area (Å²) < 4.78 is 0. The van der Waals surface area contributed by atoms with Crippen molar-refractivity contribution in [3.8, 4) is 0 Å². The number of carbonyl (C=O) groups is 2. The molecule has 0 unspecified atom stereocenters. The topological polar surface area (TPSA) is 62.3 Å². The molecule has 0 radical (unpaired) electrons. The van der Waals surface area contributed by atoms with Crippen molar-refractivity contribution in [2.24, 2.45) is 0 Å². The summed E-state index contributed by atoms with van der Waals surface area (Å²) in [4.78, 5) is 29.5. The average Bonchev–Trinajstić information content (AvgIpc) is 2.86. The number of urea groups is 1. The second kappa shape index (κ2) is 5.75. The third-order valence-corrected chi connectivity index (χ3v) is 3.45. The lowest BCUT2D eigenvalue weighted by atomic mass is 10.1. The van der Waals surface area contributed by atoms with E-state index in [0.717, 1.165) is 12.0 Å². The third kappa shape index (κ3) is 2.76. The zero-order valence-corrected chi connectivity index (χ0v) is 11.5. The average molecular weight is 281 g/mol. The SMILES string of the molecule is O=C(NCCc1ccccc1)N1Cc2ncccc2C1=O. The quantitative estimate of drug-likeness (QED) is 0.936. The molecule has 0 spiro atoms. The fourth-order valence-corrected chi connectivity index (χ4v) is 2.34. The van der Waals surface area contributed by atoms with Crippen molar-refractivity contribution >= 4 is 11.9 Å². The van der Waals surface area contributed by atoms with E-state index >= 15 is 0 Å². The van der Waals surface area contributed by atoms with Crippen molar-refractivity contribution in [2.45, 2.75) is 13.0 Å². The zero-order valence-electron chi connectivity index (χ0n) is 11.5. The van der Waals surface area contributed by atoms with Crippen molar-refractivity contribution in [3.63, 3.8) is 0 Å². The minimum absolute atomic E-state index is 0.242. The molecular weight excluding hydrogens is 266 g/mol. The van der Waals surface area contributed by atoms with Gasteiger partial charge in [0.05, 0.1) is 17.8 Å². The molecule has 0 fully saturated rings. The fourth-order valence-electron chi connectivity index (χ4n) is 2.34. The fraction of sp³-hybridized carbons (Fsp3) is 0.188. The van der Waals surface area contributed by atoms with Crippen molar-refractivity contribution in [1.29, 1.82) is 0 Å². The lowest BCUT2D eigenvalue weighted by Crippen LogP contribution is -2.40. The number of imide groups is 1. The minimum Gasteiger partial charge on any atom is -0.337 e. The molecule has 0 bridgehead atoms. The molecule has 0 saturated carbocycles. The van der Waals surface area contributed by atoms with Gasteiger partial charge in [0.15, 0.2) is 0 Å². The Labute approximate surface area is 122 Å². The number of carbonyl (C=O) groups excluding carboxylic acids is 2. The van der Waals surface area contributed by atoms with Gasteiger partial charge in [-0.25, -0.2) is 4.79 Å². The van der Waals surface area contributed by atoms with Crippen LogP contribution >= 0.6 is 0 Å². The van der Waals surface area contributed by atoms with E-state index < -0.39 is 0 Å². The highest BCUT2D eigenvalue weighted by atomic mass is 16.2. The molecule has 5 nitrogen and oxygen atoms in total. The molecule has 0 aliphatic carbocycles. The number of amides is 3. The van der Waals surface area contributed by atoms with Crippen molar-refractivity contribution < 1.29 is 9.59 Å². The van der Waals surface area contributed by atoms with E-state index in [4.69, 9.17) is 0 Å². The number of benzene rings is 1. The van der Waals surface area contributed by atoms with Gasteiger partial charge < -0.3 is 5.32 Å². The Morgan fingerprint density at radius 2 is 2.00 bits per heavy atom. The summed E-state index contributed by atoms with van der Waals surface area (Å²) in [6.45, 7) is 0.739. The lowest BCUT2D eigenvalue weighted by Gasteiger charge is -2.14. The maximum absolute atomic E-state index is 12.1. The van der Waals surface area contributed by atoms with Crippen LogP contribution in [0.1, 0.15) is 21.6 Å². The van der Waals surface area contributed by atoms with Gasteiger partial charge in [-0.2, -0.15) is 0 Å². The van der Waals surface area contributed by atoms with E-state index in [1.807, 2.05) is 30.3 Å². The Kier molecular flexibility index (Phi) is 3.64. The Morgan fingerprint density at radius 3 is 2.76 bits per heavy atom. The number of aromatic nitrogens is 1. The second-order valence-electron chi connectivity index (χ2n) is 4.86. The highest BCUT2D eigenvalue weighted by molar-refractivity contribution is 6.07. The smallest absolute Gasteiger partial charge is 0.324 e. The monoisotopic (exact) mass is 281 g/mol. The molecule has 1 aromatic carbocycles. The van der Waals surface area contributed by atoms with E-state index in [9.17, 15) is 9.59 Å². The van der Waals surface area contributed by atoms with Gasteiger partial charge >= 0.3 is 6.03 Å². The number of fused-ring (bicyclic) bond motifs is 1. The van der Waals surface area contributed by atoms with E-state index in [1.54, 1.807) is 18.3 Å². The Bertz CT molecular complexity index is 670. The van der Waals surface area contributed by atoms with Gasteiger partial charge in [-0.05, 0) is 24.1 Å². The van der Waals surface area contributed by atoms with E-state index in [0.29, 0.717) is 17.8 Å². The molecule has 2 heterocycles. The van der Waals surface area contributed by atoms with Gasteiger partial charge in [0.25, 0.3) is 5.91 Å². The highest BCUT2D eigenvalue weighted by Gasteiger charge is 2.32. The molecule has 3 rings (SSSR count). The Hall–Kier alpha value is -2.69. The predicted molar refractivity (Wildman–Crippen MR) is 77.7 cm³/mol. The number of rotatable bonds is 3. The molecule has 5 heteroatoms. The summed E-state index contributed by atoms with van der Waals surface area (Å²) >= 11 is 0. The van der Waals surface area contributed by atoms with Crippen LogP contribution in [0.5, 0.6) is 0 Å². The molecule has 1 aliphatic rings. The first-order valence-corrected chi connectivity index (χ1v) is 6.83. The van der Waals surface area contributed by atoms with E-state index in [1.165, 1.54) is 4.90 Å². The normalized spacial score (nSPS) is 13.1. The maximum Gasteiger partial charge on any atom is 0.324 e. The molecule has 106 valence electrons. The van der Waals surface area contributed by atoms with Gasteiger partial charge in [0.1, 0.15) is 0 Å². The summed E-state index contributed by atoms with van der Waals surface area (Å²) in [6.07, 6.45) is 2.36. The zero-order chi connectivity index (χ0) is 14.7. The molecule has 1 aliphatic heterocycles. The largest absolute Gasteiger partial charge is 0.337 e. The summed E-state index contributed by atoms with van der Waals surface area (Å²) in [5.74, 6) is -0.282. The highest BCUT2D eigenvalue weighted by Crippen LogP contribution is 2.19. The van der Waals surface area contributed by atoms with Crippen molar-refractivity contribution in [3.05, 3.63) is 65.5 Å². The van der Waals surface area contributed by atoms with Crippen LogP contribution in [0.4, 0.5) is 4.79 Å². The van der Waals surface area contributed by atoms with E-state index in [-0.39, 0.29) is 18.5 Å². The van der Waals surface area contributed by atoms with Crippen molar-refractivity contribution in [1.82, 2.24) is 15.2 Å². The number of nitrogens with one attached hydrogen (secondary N) is 1. The van der Waals surface area contributed by atoms with Crippen LogP contribution < -0.4 is 5.32 Å². The van der Waals surface area contributed by atoms with Crippen LogP contribution in [-0.4, -0.2) is 28.4 Å². The van der Waals surface area contributed by atoms with E-state index in [2.05, 4.69) is 10.3 Å². The molecular formula is C16H15N3O2. The van der Waals surface area contributed by atoms with Gasteiger partial charge in [-0.15, -0.1) is 0 Å². The number of nitrogens with zero attached hydrogens (tertiary/aromatic N) is 2. The van der Waals surface area contributed by atoms with Crippen LogP contribution in [-0.2, 0) is 13.0 Å². The number of hydrogen-bond acceptors (Lipinski definition) is 3. The van der Waals surface area contributed by atoms with Crippen LogP contribution in [0.15, 0.2) is 48.7 Å². The summed E-state index contributed by atoms with van der Waals surface area (Å²) in [6, 6.07) is 12.9. The van der Waals surface area contributed by atoms with Gasteiger partial charge in [-0.1, -0.05) is 30.3 Å². The molecule has 1 N–H and O–H groups in total. The van der Waals surface area contributed by atoms with Crippen LogP contribution in [0.3, 0.4) is 0 Å². The number of hydrogen-bond donors (Lipinski definition) is 1. The molecule has 3 amide bonds. The van der Waals surface area contributed by atoms with Crippen molar-refractivity contribution in [2.75, 3.05) is 6.54 Å². The summed E-state index contributed by atoms with van der Waals surface area (Å²) in [5, 5.41) is 2.78. The molecule has 0 atom stereocenters. The Balaban J connectivity index is 1.57. The van der Waals surface area contributed by atoms with Gasteiger partial charge in [-0.3, -0.25) is 14.7 Å². The Morgan fingerprint density at radius 1 is 1.19 bits per heavy atom. The molecule has 1 aromatic heterocycles. The summed E-state index contributed by atoms with van der Waals surface area (Å²) in [7, 11) is 0. The molecule has 0 saturated heterocycles. The molecule has 2 aromatic rings. The van der Waals surface area contributed by atoms with Gasteiger partial charge in [0.2, 0.25) is 0 Å². The predicted octanol–water partition coefficient (Wildman–Crippen LogP) is 1.99. The summed E-state index contributed by atoms with van der Waals surface area (Å²) in [5.41, 5.74) is 2.31. The van der Waals surface area contributed by atoms with Crippen LogP contribution in [0.25, 0.3) is 0 Å². The maximum atomic E-state index is 12.1. The third-order valence-electron chi connectivity index (χ3n) is 3.45. The molecule has 21 heavy (non-hydrogen) atoms.